The van der Waals surface area contributed by atoms with Crippen molar-refractivity contribution in [2.75, 3.05) is 0 Å². The van der Waals surface area contributed by atoms with Crippen LogP contribution in [-0.2, 0) is 0 Å². The zero-order valence-corrected chi connectivity index (χ0v) is 7.71. The number of hydrogen-bond donors (Lipinski definition) is 1. The highest BCUT2D eigenvalue weighted by molar-refractivity contribution is 5.84. The summed E-state index contributed by atoms with van der Waals surface area (Å²) in [5.41, 5.74) is 0. The quantitative estimate of drug-likeness (QED) is 0.834. The number of carbonyl (C=O) groups is 1. The highest BCUT2D eigenvalue weighted by Crippen LogP contribution is 2.12. The van der Waals surface area contributed by atoms with Crippen LogP contribution in [0.4, 0.5) is 0 Å². The lowest BCUT2D eigenvalue weighted by Gasteiger charge is -1.86. The van der Waals surface area contributed by atoms with Crippen LogP contribution in [0.3, 0.4) is 0 Å². The van der Waals surface area contributed by atoms with Crippen LogP contribution in [0.2, 0.25) is 0 Å². The van der Waals surface area contributed by atoms with E-state index < -0.39 is 5.97 Å². The van der Waals surface area contributed by atoms with Gasteiger partial charge in [-0.05, 0) is 36.4 Å². The van der Waals surface area contributed by atoms with Crippen molar-refractivity contribution in [3.8, 4) is 0 Å². The molecule has 0 saturated heterocycles. The predicted molar refractivity (Wildman–Crippen MR) is 53.3 cm³/mol. The fourth-order valence-electron chi connectivity index (χ4n) is 1.11. The minimum absolute atomic E-state index is 0.0749. The van der Waals surface area contributed by atoms with Crippen molar-refractivity contribution in [1.82, 2.24) is 0 Å². The maximum Gasteiger partial charge on any atom is 0.371 e. The summed E-state index contributed by atoms with van der Waals surface area (Å²) in [5.74, 6) is 0.00817. The molecule has 0 unspecified atom stereocenters. The third-order valence-electron chi connectivity index (χ3n) is 1.79. The van der Waals surface area contributed by atoms with Crippen molar-refractivity contribution in [3.63, 3.8) is 0 Å². The van der Waals surface area contributed by atoms with Crippen molar-refractivity contribution >= 4 is 18.1 Å². The van der Waals surface area contributed by atoms with E-state index in [1.807, 2.05) is 0 Å². The fourth-order valence-corrected chi connectivity index (χ4v) is 1.11. The lowest BCUT2D eigenvalue weighted by molar-refractivity contribution is 0.0662. The zero-order valence-electron chi connectivity index (χ0n) is 7.71. The third-order valence-corrected chi connectivity index (χ3v) is 1.79. The lowest BCUT2D eigenvalue weighted by atomic mass is 10.3. The van der Waals surface area contributed by atoms with Gasteiger partial charge in [0.2, 0.25) is 5.76 Å². The Labute approximate surface area is 85.4 Å². The molecule has 0 spiro atoms. The van der Waals surface area contributed by atoms with Gasteiger partial charge in [-0.3, -0.25) is 0 Å². The zero-order chi connectivity index (χ0) is 10.7. The summed E-state index contributed by atoms with van der Waals surface area (Å²) in [4.78, 5) is 10.5. The van der Waals surface area contributed by atoms with E-state index in [1.54, 1.807) is 36.6 Å². The molecule has 2 heterocycles. The first-order valence-corrected chi connectivity index (χ1v) is 4.30. The second-order valence-electron chi connectivity index (χ2n) is 2.86. The molecule has 0 aliphatic heterocycles. The van der Waals surface area contributed by atoms with Gasteiger partial charge < -0.3 is 13.9 Å². The number of carboxylic acid groups (broad SMARTS) is 1. The van der Waals surface area contributed by atoms with Gasteiger partial charge in [0.25, 0.3) is 0 Å². The largest absolute Gasteiger partial charge is 0.475 e. The fraction of sp³-hybridized carbons (Fsp3) is 0. The van der Waals surface area contributed by atoms with Crippen LogP contribution in [0.1, 0.15) is 22.1 Å². The van der Waals surface area contributed by atoms with Crippen molar-refractivity contribution in [3.05, 3.63) is 47.8 Å². The van der Waals surface area contributed by atoms with E-state index >= 15 is 0 Å². The molecule has 4 heteroatoms. The Bertz CT molecular complexity index is 476. The molecule has 0 bridgehead atoms. The van der Waals surface area contributed by atoms with Crippen LogP contribution < -0.4 is 0 Å². The predicted octanol–water partition coefficient (Wildman–Crippen LogP) is 2.74. The van der Waals surface area contributed by atoms with Crippen molar-refractivity contribution in [1.29, 1.82) is 0 Å². The lowest BCUT2D eigenvalue weighted by Crippen LogP contribution is -1.91. The van der Waals surface area contributed by atoms with Gasteiger partial charge in [0.05, 0.1) is 6.26 Å². The van der Waals surface area contributed by atoms with Gasteiger partial charge in [-0.15, -0.1) is 0 Å². The molecule has 15 heavy (non-hydrogen) atoms. The Morgan fingerprint density at radius 1 is 1.20 bits per heavy atom. The number of hydrogen-bond acceptors (Lipinski definition) is 3. The minimum atomic E-state index is -1.08. The maximum absolute atomic E-state index is 10.5. The van der Waals surface area contributed by atoms with Crippen LogP contribution in [0.15, 0.2) is 39.4 Å². The summed E-state index contributed by atoms with van der Waals surface area (Å²) in [6, 6.07) is 6.55. The standard InChI is InChI=1S/C11H8O4/c12-11(13)10-6-5-9(15-10)4-3-8-2-1-7-14-8/h1-7H,(H,12,13)/b4-3+. The molecule has 0 aromatic carbocycles. The van der Waals surface area contributed by atoms with E-state index in [4.69, 9.17) is 13.9 Å². The van der Waals surface area contributed by atoms with E-state index in [0.717, 1.165) is 0 Å². The summed E-state index contributed by atoms with van der Waals surface area (Å²) >= 11 is 0. The molecule has 76 valence electrons. The molecule has 2 rings (SSSR count). The van der Waals surface area contributed by atoms with Crippen LogP contribution in [-0.4, -0.2) is 11.1 Å². The normalized spacial score (nSPS) is 10.9. The first-order valence-electron chi connectivity index (χ1n) is 4.30. The molecular weight excluding hydrogens is 196 g/mol. The van der Waals surface area contributed by atoms with Crippen molar-refractivity contribution in [2.24, 2.45) is 0 Å². The Kier molecular flexibility index (Phi) is 2.41. The SMILES string of the molecule is O=C(O)c1ccc(/C=C/c2ccco2)o1. The van der Waals surface area contributed by atoms with Gasteiger partial charge in [0, 0.05) is 0 Å². The van der Waals surface area contributed by atoms with E-state index in [0.29, 0.717) is 11.5 Å². The van der Waals surface area contributed by atoms with Crippen LogP contribution in [0, 0.1) is 0 Å². The number of aromatic carboxylic acids is 1. The number of furan rings is 2. The second kappa shape index (κ2) is 3.88. The smallest absolute Gasteiger partial charge is 0.371 e. The highest BCUT2D eigenvalue weighted by Gasteiger charge is 2.06. The molecule has 2 aromatic rings. The third kappa shape index (κ3) is 2.17. The Morgan fingerprint density at radius 2 is 2.00 bits per heavy atom. The second-order valence-corrected chi connectivity index (χ2v) is 2.86. The molecule has 4 nitrogen and oxygen atoms in total. The molecule has 0 amide bonds. The molecular formula is C11H8O4. The summed E-state index contributed by atoms with van der Waals surface area (Å²) in [6.45, 7) is 0. The molecule has 0 radical (unpaired) electrons. The molecule has 2 aromatic heterocycles. The Hall–Kier alpha value is -2.23. The molecule has 0 atom stereocenters. The van der Waals surface area contributed by atoms with Gasteiger partial charge >= 0.3 is 5.97 Å². The van der Waals surface area contributed by atoms with E-state index in [-0.39, 0.29) is 5.76 Å². The first kappa shape index (κ1) is 9.33. The van der Waals surface area contributed by atoms with Gasteiger partial charge in [0.15, 0.2) is 0 Å². The summed E-state index contributed by atoms with van der Waals surface area (Å²) in [5, 5.41) is 8.61. The molecule has 0 fully saturated rings. The average molecular weight is 204 g/mol. The van der Waals surface area contributed by atoms with Gasteiger partial charge in [-0.2, -0.15) is 0 Å². The highest BCUT2D eigenvalue weighted by atomic mass is 16.4. The van der Waals surface area contributed by atoms with Gasteiger partial charge in [-0.1, -0.05) is 0 Å². The Balaban J connectivity index is 2.14. The summed E-state index contributed by atoms with van der Waals surface area (Å²) in [7, 11) is 0. The van der Waals surface area contributed by atoms with Gasteiger partial charge in [-0.25, -0.2) is 4.79 Å². The van der Waals surface area contributed by atoms with Gasteiger partial charge in [0.1, 0.15) is 11.5 Å². The molecule has 0 aliphatic carbocycles. The Morgan fingerprint density at radius 3 is 2.60 bits per heavy atom. The van der Waals surface area contributed by atoms with E-state index in [1.165, 1.54) is 6.07 Å². The van der Waals surface area contributed by atoms with Crippen molar-refractivity contribution in [2.45, 2.75) is 0 Å². The first-order chi connectivity index (χ1) is 7.25. The molecule has 0 saturated carbocycles. The van der Waals surface area contributed by atoms with E-state index in [9.17, 15) is 4.79 Å². The topological polar surface area (TPSA) is 63.6 Å². The monoisotopic (exact) mass is 204 g/mol. The number of rotatable bonds is 3. The van der Waals surface area contributed by atoms with Crippen LogP contribution in [0.5, 0.6) is 0 Å². The summed E-state index contributed by atoms with van der Waals surface area (Å²) < 4.78 is 10.1. The van der Waals surface area contributed by atoms with E-state index in [2.05, 4.69) is 0 Å². The minimum Gasteiger partial charge on any atom is -0.475 e. The summed E-state index contributed by atoms with van der Waals surface area (Å²) in [6.07, 6.45) is 4.90. The number of carboxylic acids is 1. The maximum atomic E-state index is 10.5. The van der Waals surface area contributed by atoms with Crippen LogP contribution in [0.25, 0.3) is 12.2 Å². The average Bonchev–Trinajstić information content (AvgIpc) is 2.86. The van der Waals surface area contributed by atoms with Crippen LogP contribution >= 0.6 is 0 Å². The molecule has 1 N–H and O–H groups in total. The molecule has 0 aliphatic rings. The van der Waals surface area contributed by atoms with Crippen molar-refractivity contribution < 1.29 is 18.7 Å².